The summed E-state index contributed by atoms with van der Waals surface area (Å²) in [6.07, 6.45) is 20.8. The number of rotatable bonds is 18. The quantitative estimate of drug-likeness (QED) is 0.126. The van der Waals surface area contributed by atoms with Crippen molar-refractivity contribution >= 4 is 11.9 Å². The molecule has 0 unspecified atom stereocenters. The fraction of sp³-hybridized carbons (Fsp3) is 0.500. The van der Waals surface area contributed by atoms with Gasteiger partial charge >= 0.3 is 11.9 Å². The summed E-state index contributed by atoms with van der Waals surface area (Å²) < 4.78 is 10.6. The molecule has 0 aromatic carbocycles. The highest BCUT2D eigenvalue weighted by atomic mass is 16.5. The Morgan fingerprint density at radius 3 is 1.43 bits per heavy atom. The second-order valence-electron chi connectivity index (χ2n) is 6.61. The smallest absolute Gasteiger partial charge is 0.332 e. The van der Waals surface area contributed by atoms with Crippen molar-refractivity contribution in [3.63, 3.8) is 0 Å². The molecule has 0 aromatic rings. The van der Waals surface area contributed by atoms with Crippen molar-refractivity contribution in [1.29, 1.82) is 0 Å². The Hall–Kier alpha value is -2.76. The predicted octanol–water partition coefficient (Wildman–Crippen LogP) is 5.79. The van der Waals surface area contributed by atoms with Gasteiger partial charge in [0.05, 0.1) is 36.9 Å². The zero-order valence-corrected chi connectivity index (χ0v) is 18.2. The minimum atomic E-state index is -1.26. The predicted molar refractivity (Wildman–Crippen MR) is 119 cm³/mol. The van der Waals surface area contributed by atoms with Crippen LogP contribution in [0.3, 0.4) is 0 Å². The SMILES string of the molecule is CCCCC=CC=COCC/C(C(=O)O)=C(\CCOC=CC=CCCCC)C(=O)O. The Morgan fingerprint density at radius 2 is 1.10 bits per heavy atom. The van der Waals surface area contributed by atoms with Crippen LogP contribution in [0.2, 0.25) is 0 Å². The number of unbranched alkanes of at least 4 members (excludes halogenated alkanes) is 4. The number of carbonyl (C=O) groups is 2. The van der Waals surface area contributed by atoms with Gasteiger partial charge in [-0.3, -0.25) is 0 Å². The molecule has 0 aromatic heterocycles. The third-order valence-corrected chi connectivity index (χ3v) is 4.11. The van der Waals surface area contributed by atoms with Crippen LogP contribution >= 0.6 is 0 Å². The highest BCUT2D eigenvalue weighted by Gasteiger charge is 2.19. The summed E-state index contributed by atoms with van der Waals surface area (Å²) in [5, 5.41) is 18.8. The molecule has 0 aliphatic rings. The molecular weight excluding hydrogens is 384 g/mol. The third-order valence-electron chi connectivity index (χ3n) is 4.11. The first-order chi connectivity index (χ1) is 14.5. The molecule has 6 nitrogen and oxygen atoms in total. The molecule has 0 heterocycles. The van der Waals surface area contributed by atoms with E-state index in [0.717, 1.165) is 38.5 Å². The van der Waals surface area contributed by atoms with Gasteiger partial charge in [0.1, 0.15) is 0 Å². The van der Waals surface area contributed by atoms with Gasteiger partial charge in [-0.15, -0.1) is 0 Å². The number of hydrogen-bond acceptors (Lipinski definition) is 4. The summed E-state index contributed by atoms with van der Waals surface area (Å²) >= 11 is 0. The number of carboxylic acid groups (broad SMARTS) is 2. The van der Waals surface area contributed by atoms with Crippen molar-refractivity contribution in [1.82, 2.24) is 0 Å². The van der Waals surface area contributed by atoms with E-state index < -0.39 is 11.9 Å². The van der Waals surface area contributed by atoms with Crippen LogP contribution < -0.4 is 0 Å². The van der Waals surface area contributed by atoms with Gasteiger partial charge in [0.2, 0.25) is 0 Å². The standard InChI is InChI=1S/C24H36O6/c1-3-5-7-9-11-13-17-29-19-15-21(23(25)26)22(24(27)28)16-20-30-18-14-12-10-8-6-4-2/h9-14,17-18H,3-8,15-16,19-20H2,1-2H3,(H,25,26)(H,27,28)/b11-9?,12-10?,17-13?,18-14?,22-21-. The zero-order valence-electron chi connectivity index (χ0n) is 18.2. The molecule has 0 radical (unpaired) electrons. The molecule has 0 fully saturated rings. The van der Waals surface area contributed by atoms with Crippen molar-refractivity contribution < 1.29 is 29.3 Å². The van der Waals surface area contributed by atoms with Crippen LogP contribution in [-0.4, -0.2) is 35.4 Å². The first kappa shape index (κ1) is 27.2. The number of carboxylic acids is 2. The van der Waals surface area contributed by atoms with Crippen molar-refractivity contribution in [2.24, 2.45) is 0 Å². The topological polar surface area (TPSA) is 93.1 Å². The van der Waals surface area contributed by atoms with E-state index in [2.05, 4.69) is 13.8 Å². The number of aliphatic carboxylic acids is 2. The molecule has 30 heavy (non-hydrogen) atoms. The molecule has 168 valence electrons. The van der Waals surface area contributed by atoms with Gasteiger partial charge in [0, 0.05) is 12.8 Å². The molecular formula is C24H36O6. The van der Waals surface area contributed by atoms with Gasteiger partial charge in [-0.2, -0.15) is 0 Å². The monoisotopic (exact) mass is 420 g/mol. The van der Waals surface area contributed by atoms with E-state index >= 15 is 0 Å². The summed E-state index contributed by atoms with van der Waals surface area (Å²) in [7, 11) is 0. The van der Waals surface area contributed by atoms with E-state index in [9.17, 15) is 19.8 Å². The maximum Gasteiger partial charge on any atom is 0.332 e. The molecule has 0 aliphatic carbocycles. The molecule has 0 atom stereocenters. The van der Waals surface area contributed by atoms with Crippen LogP contribution in [0.1, 0.15) is 65.2 Å². The Bertz CT molecular complexity index is 572. The van der Waals surface area contributed by atoms with Gasteiger partial charge in [-0.25, -0.2) is 9.59 Å². The van der Waals surface area contributed by atoms with Crippen LogP contribution in [-0.2, 0) is 19.1 Å². The van der Waals surface area contributed by atoms with Crippen LogP contribution in [0.5, 0.6) is 0 Å². The minimum absolute atomic E-state index is 0.00311. The summed E-state index contributed by atoms with van der Waals surface area (Å²) in [5.74, 6) is -2.51. The average molecular weight is 421 g/mol. The van der Waals surface area contributed by atoms with E-state index in [1.807, 2.05) is 24.3 Å². The Morgan fingerprint density at radius 1 is 0.700 bits per heavy atom. The highest BCUT2D eigenvalue weighted by molar-refractivity contribution is 5.98. The Balaban J connectivity index is 4.55. The molecule has 0 aliphatic heterocycles. The maximum absolute atomic E-state index is 11.5. The van der Waals surface area contributed by atoms with Gasteiger partial charge in [0.25, 0.3) is 0 Å². The lowest BCUT2D eigenvalue weighted by Crippen LogP contribution is -2.14. The molecule has 6 heteroatoms. The first-order valence-electron chi connectivity index (χ1n) is 10.6. The van der Waals surface area contributed by atoms with E-state index in [-0.39, 0.29) is 37.2 Å². The van der Waals surface area contributed by atoms with Crippen LogP contribution in [0.4, 0.5) is 0 Å². The number of allylic oxidation sites excluding steroid dienone is 6. The lowest BCUT2D eigenvalue weighted by molar-refractivity contribution is -0.136. The molecule has 0 rings (SSSR count). The number of hydrogen-bond donors (Lipinski definition) is 2. The fourth-order valence-corrected chi connectivity index (χ4v) is 2.43. The van der Waals surface area contributed by atoms with E-state index in [1.165, 1.54) is 12.5 Å². The second-order valence-corrected chi connectivity index (χ2v) is 6.61. The molecule has 2 N–H and O–H groups in total. The van der Waals surface area contributed by atoms with Crippen LogP contribution in [0.15, 0.2) is 60.1 Å². The van der Waals surface area contributed by atoms with Gasteiger partial charge in [-0.1, -0.05) is 63.8 Å². The summed E-state index contributed by atoms with van der Waals surface area (Å²) in [6, 6.07) is 0. The van der Waals surface area contributed by atoms with Crippen LogP contribution in [0.25, 0.3) is 0 Å². The first-order valence-corrected chi connectivity index (χ1v) is 10.6. The maximum atomic E-state index is 11.5. The summed E-state index contributed by atoms with van der Waals surface area (Å²) in [4.78, 5) is 23.0. The van der Waals surface area contributed by atoms with Crippen molar-refractivity contribution in [3.8, 4) is 0 Å². The largest absolute Gasteiger partial charge is 0.501 e. The Kier molecular flexibility index (Phi) is 17.8. The lowest BCUT2D eigenvalue weighted by atomic mass is 10.0. The van der Waals surface area contributed by atoms with E-state index in [4.69, 9.17) is 9.47 Å². The summed E-state index contributed by atoms with van der Waals surface area (Å²) in [5.41, 5.74) is -0.331. The minimum Gasteiger partial charge on any atom is -0.501 e. The van der Waals surface area contributed by atoms with Gasteiger partial charge in [0.15, 0.2) is 0 Å². The molecule has 0 saturated heterocycles. The zero-order chi connectivity index (χ0) is 22.5. The molecule has 0 saturated carbocycles. The molecule has 0 amide bonds. The lowest BCUT2D eigenvalue weighted by Gasteiger charge is -2.09. The third kappa shape index (κ3) is 15.2. The van der Waals surface area contributed by atoms with Gasteiger partial charge < -0.3 is 19.7 Å². The van der Waals surface area contributed by atoms with E-state index in [1.54, 1.807) is 12.2 Å². The van der Waals surface area contributed by atoms with Crippen molar-refractivity contribution in [3.05, 3.63) is 60.1 Å². The normalized spacial score (nSPS) is 12.9. The molecule has 0 bridgehead atoms. The van der Waals surface area contributed by atoms with Crippen LogP contribution in [0, 0.1) is 0 Å². The fourth-order valence-electron chi connectivity index (χ4n) is 2.43. The number of ether oxygens (including phenoxy) is 2. The summed E-state index contributed by atoms with van der Waals surface area (Å²) in [6.45, 7) is 4.42. The average Bonchev–Trinajstić information content (AvgIpc) is 2.71. The van der Waals surface area contributed by atoms with Crippen molar-refractivity contribution in [2.45, 2.75) is 65.2 Å². The Labute approximate surface area is 180 Å². The second kappa shape index (κ2) is 19.6. The van der Waals surface area contributed by atoms with Crippen molar-refractivity contribution in [2.75, 3.05) is 13.2 Å². The molecule has 0 spiro atoms. The highest BCUT2D eigenvalue weighted by Crippen LogP contribution is 2.15. The van der Waals surface area contributed by atoms with Gasteiger partial charge in [-0.05, 0) is 25.0 Å². The van der Waals surface area contributed by atoms with E-state index in [0.29, 0.717) is 0 Å².